The molecule has 2 aromatic rings. The number of aryl methyl sites for hydroxylation is 2. The van der Waals surface area contributed by atoms with Crippen LogP contribution in [0.1, 0.15) is 35.5 Å². The van der Waals surface area contributed by atoms with Crippen LogP contribution in [0.3, 0.4) is 0 Å². The van der Waals surface area contributed by atoms with Gasteiger partial charge in [-0.25, -0.2) is 9.97 Å². The third-order valence-corrected chi connectivity index (χ3v) is 2.70. The number of aromatic nitrogens is 2. The van der Waals surface area contributed by atoms with E-state index in [9.17, 15) is 4.79 Å². The summed E-state index contributed by atoms with van der Waals surface area (Å²) < 4.78 is 0. The predicted octanol–water partition coefficient (Wildman–Crippen LogP) is 3.43. The van der Waals surface area contributed by atoms with Crippen LogP contribution in [0.25, 0.3) is 0 Å². The van der Waals surface area contributed by atoms with Crippen molar-refractivity contribution in [3.63, 3.8) is 0 Å². The Morgan fingerprint density at radius 3 is 2.56 bits per heavy atom. The lowest BCUT2D eigenvalue weighted by Gasteiger charge is -2.06. The van der Waals surface area contributed by atoms with Gasteiger partial charge in [-0.15, -0.1) is 11.3 Å². The number of nitrogens with one attached hydrogen (secondary N) is 1. The zero-order valence-electron chi connectivity index (χ0n) is 11.0. The minimum Gasteiger partial charge on any atom is -0.305 e. The lowest BCUT2D eigenvalue weighted by Crippen LogP contribution is -2.14. The number of nitrogens with zero attached hydrogens (tertiary/aromatic N) is 2. The standard InChI is InChI=1S/C11H11N3OS.C2H6/c1-7-3-8(2)10(12-4-7)14-11(15)9-5-16-6-13-9;1-2/h3-6H,1-2H3,(H,12,14,15);1-2H3. The molecule has 0 fully saturated rings. The highest BCUT2D eigenvalue weighted by Crippen LogP contribution is 2.13. The molecule has 0 aromatic carbocycles. The normalized spacial score (nSPS) is 9.33. The number of amides is 1. The van der Waals surface area contributed by atoms with Gasteiger partial charge in [0.2, 0.25) is 0 Å². The van der Waals surface area contributed by atoms with E-state index in [1.54, 1.807) is 17.1 Å². The summed E-state index contributed by atoms with van der Waals surface area (Å²) >= 11 is 1.39. The Kier molecular flexibility index (Phi) is 5.45. The van der Waals surface area contributed by atoms with Crippen molar-refractivity contribution in [1.29, 1.82) is 0 Å². The Balaban J connectivity index is 0.000000771. The van der Waals surface area contributed by atoms with Crippen LogP contribution in [-0.2, 0) is 0 Å². The second-order valence-electron chi connectivity index (χ2n) is 3.51. The summed E-state index contributed by atoms with van der Waals surface area (Å²) in [6, 6.07) is 1.98. The number of hydrogen-bond acceptors (Lipinski definition) is 4. The average molecular weight is 263 g/mol. The molecule has 0 saturated heterocycles. The van der Waals surface area contributed by atoms with E-state index in [1.807, 2.05) is 33.8 Å². The first kappa shape index (κ1) is 14.3. The van der Waals surface area contributed by atoms with Gasteiger partial charge >= 0.3 is 0 Å². The maximum Gasteiger partial charge on any atom is 0.276 e. The highest BCUT2D eigenvalue weighted by molar-refractivity contribution is 7.07. The number of hydrogen-bond donors (Lipinski definition) is 1. The second kappa shape index (κ2) is 6.86. The molecule has 18 heavy (non-hydrogen) atoms. The molecule has 0 bridgehead atoms. The number of thiazole rings is 1. The zero-order chi connectivity index (χ0) is 13.5. The van der Waals surface area contributed by atoms with Crippen LogP contribution in [0, 0.1) is 13.8 Å². The third kappa shape index (κ3) is 3.63. The van der Waals surface area contributed by atoms with Crippen LogP contribution < -0.4 is 5.32 Å². The predicted molar refractivity (Wildman–Crippen MR) is 75.1 cm³/mol. The van der Waals surface area contributed by atoms with Gasteiger partial charge in [-0.05, 0) is 25.0 Å². The molecular formula is C13H17N3OS. The molecule has 2 rings (SSSR count). The Morgan fingerprint density at radius 1 is 1.28 bits per heavy atom. The van der Waals surface area contributed by atoms with Crippen molar-refractivity contribution in [2.45, 2.75) is 27.7 Å². The zero-order valence-corrected chi connectivity index (χ0v) is 11.8. The van der Waals surface area contributed by atoms with Crippen molar-refractivity contribution in [3.05, 3.63) is 40.0 Å². The van der Waals surface area contributed by atoms with E-state index in [-0.39, 0.29) is 5.91 Å². The fraction of sp³-hybridized carbons (Fsp3) is 0.308. The summed E-state index contributed by atoms with van der Waals surface area (Å²) in [6.45, 7) is 7.88. The molecular weight excluding hydrogens is 246 g/mol. The summed E-state index contributed by atoms with van der Waals surface area (Å²) in [4.78, 5) is 19.8. The van der Waals surface area contributed by atoms with Gasteiger partial charge in [-0.1, -0.05) is 19.9 Å². The summed E-state index contributed by atoms with van der Waals surface area (Å²) in [5.41, 5.74) is 4.07. The van der Waals surface area contributed by atoms with Gasteiger partial charge in [0, 0.05) is 11.6 Å². The molecule has 1 N–H and O–H groups in total. The van der Waals surface area contributed by atoms with Crippen molar-refractivity contribution in [3.8, 4) is 0 Å². The van der Waals surface area contributed by atoms with E-state index in [0.717, 1.165) is 11.1 Å². The SMILES string of the molecule is CC.Cc1cnc(NC(=O)c2cscn2)c(C)c1. The molecule has 0 aliphatic rings. The van der Waals surface area contributed by atoms with Crippen molar-refractivity contribution < 1.29 is 4.79 Å². The van der Waals surface area contributed by atoms with Crippen molar-refractivity contribution >= 4 is 23.1 Å². The number of anilines is 1. The van der Waals surface area contributed by atoms with Gasteiger partial charge < -0.3 is 5.32 Å². The summed E-state index contributed by atoms with van der Waals surface area (Å²) in [6.07, 6.45) is 1.73. The first-order valence-corrected chi connectivity index (χ1v) is 6.74. The number of carbonyl (C=O) groups is 1. The van der Waals surface area contributed by atoms with Gasteiger partial charge in [-0.2, -0.15) is 0 Å². The van der Waals surface area contributed by atoms with Crippen LogP contribution in [-0.4, -0.2) is 15.9 Å². The molecule has 0 aliphatic heterocycles. The van der Waals surface area contributed by atoms with Crippen LogP contribution in [0.4, 0.5) is 5.82 Å². The Morgan fingerprint density at radius 2 is 2.00 bits per heavy atom. The molecule has 0 aliphatic carbocycles. The number of carbonyl (C=O) groups excluding carboxylic acids is 1. The quantitative estimate of drug-likeness (QED) is 0.903. The monoisotopic (exact) mass is 263 g/mol. The number of rotatable bonds is 2. The van der Waals surface area contributed by atoms with E-state index in [0.29, 0.717) is 11.5 Å². The smallest absolute Gasteiger partial charge is 0.276 e. The van der Waals surface area contributed by atoms with Crippen LogP contribution >= 0.6 is 11.3 Å². The molecule has 96 valence electrons. The molecule has 0 radical (unpaired) electrons. The summed E-state index contributed by atoms with van der Waals surface area (Å²) in [5, 5.41) is 4.44. The molecule has 1 amide bonds. The van der Waals surface area contributed by atoms with Gasteiger partial charge in [0.15, 0.2) is 0 Å². The molecule has 4 nitrogen and oxygen atoms in total. The Labute approximate surface area is 111 Å². The van der Waals surface area contributed by atoms with Crippen molar-refractivity contribution in [2.24, 2.45) is 0 Å². The highest BCUT2D eigenvalue weighted by Gasteiger charge is 2.09. The van der Waals surface area contributed by atoms with E-state index in [2.05, 4.69) is 15.3 Å². The van der Waals surface area contributed by atoms with Gasteiger partial charge in [0.05, 0.1) is 5.51 Å². The fourth-order valence-corrected chi connectivity index (χ4v) is 1.87. The summed E-state index contributed by atoms with van der Waals surface area (Å²) in [5.74, 6) is 0.365. The minimum atomic E-state index is -0.222. The maximum atomic E-state index is 11.7. The minimum absolute atomic E-state index is 0.222. The maximum absolute atomic E-state index is 11.7. The molecule has 0 atom stereocenters. The highest BCUT2D eigenvalue weighted by atomic mass is 32.1. The Bertz CT molecular complexity index is 509. The lowest BCUT2D eigenvalue weighted by atomic mass is 10.2. The summed E-state index contributed by atoms with van der Waals surface area (Å²) in [7, 11) is 0. The molecule has 2 aromatic heterocycles. The lowest BCUT2D eigenvalue weighted by molar-refractivity contribution is 0.102. The first-order chi connectivity index (χ1) is 8.66. The third-order valence-electron chi connectivity index (χ3n) is 2.11. The van der Waals surface area contributed by atoms with Crippen LogP contribution in [0.5, 0.6) is 0 Å². The van der Waals surface area contributed by atoms with E-state index >= 15 is 0 Å². The van der Waals surface area contributed by atoms with Crippen molar-refractivity contribution in [1.82, 2.24) is 9.97 Å². The molecule has 0 spiro atoms. The molecule has 0 saturated carbocycles. The molecule has 2 heterocycles. The fourth-order valence-electron chi connectivity index (χ4n) is 1.34. The van der Waals surface area contributed by atoms with Crippen LogP contribution in [0.15, 0.2) is 23.2 Å². The second-order valence-corrected chi connectivity index (χ2v) is 4.22. The topological polar surface area (TPSA) is 54.9 Å². The molecule has 0 unspecified atom stereocenters. The van der Waals surface area contributed by atoms with Gasteiger partial charge in [0.25, 0.3) is 5.91 Å². The van der Waals surface area contributed by atoms with Crippen molar-refractivity contribution in [2.75, 3.05) is 5.32 Å². The van der Waals surface area contributed by atoms with E-state index < -0.39 is 0 Å². The average Bonchev–Trinajstić information content (AvgIpc) is 2.89. The largest absolute Gasteiger partial charge is 0.305 e. The van der Waals surface area contributed by atoms with E-state index in [1.165, 1.54) is 11.3 Å². The molecule has 5 heteroatoms. The van der Waals surface area contributed by atoms with Crippen LogP contribution in [0.2, 0.25) is 0 Å². The Hall–Kier alpha value is -1.75. The van der Waals surface area contributed by atoms with Gasteiger partial charge in [0.1, 0.15) is 11.5 Å². The van der Waals surface area contributed by atoms with E-state index in [4.69, 9.17) is 0 Å². The first-order valence-electron chi connectivity index (χ1n) is 5.79. The number of pyridine rings is 1. The van der Waals surface area contributed by atoms with Gasteiger partial charge in [-0.3, -0.25) is 4.79 Å².